The third-order valence-electron chi connectivity index (χ3n) is 3.70. The van der Waals surface area contributed by atoms with Crippen molar-refractivity contribution >= 4 is 17.8 Å². The highest BCUT2D eigenvalue weighted by molar-refractivity contribution is 5.95. The lowest BCUT2D eigenvalue weighted by Crippen LogP contribution is -2.54. The molecule has 0 spiro atoms. The van der Waals surface area contributed by atoms with E-state index in [-0.39, 0.29) is 13.1 Å². The summed E-state index contributed by atoms with van der Waals surface area (Å²) < 4.78 is 5.07. The van der Waals surface area contributed by atoms with E-state index in [1.165, 1.54) is 6.26 Å². The number of nitrogens with two attached hydrogens (primary N) is 1. The second-order valence-electron chi connectivity index (χ2n) is 5.52. The molecule has 2 aromatic rings. The Morgan fingerprint density at radius 1 is 1.12 bits per heavy atom. The molecule has 0 radical (unpaired) electrons. The Kier molecular flexibility index (Phi) is 5.91. The molecule has 0 bridgehead atoms. The van der Waals surface area contributed by atoms with Gasteiger partial charge in [0.1, 0.15) is 11.3 Å². The van der Waals surface area contributed by atoms with Gasteiger partial charge in [0.15, 0.2) is 0 Å². The van der Waals surface area contributed by atoms with Crippen molar-refractivity contribution in [1.29, 1.82) is 0 Å². The molecular formula is C17H20N4O4. The third-order valence-corrected chi connectivity index (χ3v) is 3.70. The molecule has 132 valence electrons. The molecule has 8 nitrogen and oxygen atoms in total. The van der Waals surface area contributed by atoms with Crippen LogP contribution in [0.2, 0.25) is 0 Å². The van der Waals surface area contributed by atoms with Crippen LogP contribution in [0, 0.1) is 0 Å². The molecule has 0 aliphatic heterocycles. The van der Waals surface area contributed by atoms with E-state index in [1.54, 1.807) is 49.4 Å². The number of carbonyl (C=O) groups excluding carboxylic acids is 3. The molecule has 0 aliphatic carbocycles. The van der Waals surface area contributed by atoms with Gasteiger partial charge in [-0.25, -0.2) is 4.79 Å². The summed E-state index contributed by atoms with van der Waals surface area (Å²) in [5.41, 5.74) is 4.86. The average Bonchev–Trinajstić information content (AvgIpc) is 3.12. The molecule has 2 rings (SSSR count). The van der Waals surface area contributed by atoms with Gasteiger partial charge in [0.25, 0.3) is 0 Å². The number of primary amides is 1. The van der Waals surface area contributed by atoms with E-state index in [2.05, 4.69) is 16.0 Å². The number of carbonyl (C=O) groups is 3. The van der Waals surface area contributed by atoms with E-state index >= 15 is 0 Å². The fourth-order valence-electron chi connectivity index (χ4n) is 2.16. The highest BCUT2D eigenvalue weighted by Crippen LogP contribution is 2.19. The number of amides is 4. The predicted molar refractivity (Wildman–Crippen MR) is 90.1 cm³/mol. The number of rotatable bonds is 7. The molecule has 4 amide bonds. The van der Waals surface area contributed by atoms with Crippen molar-refractivity contribution in [1.82, 2.24) is 16.0 Å². The van der Waals surface area contributed by atoms with E-state index in [9.17, 15) is 14.4 Å². The molecule has 8 heteroatoms. The van der Waals surface area contributed by atoms with Crippen molar-refractivity contribution in [3.8, 4) is 0 Å². The van der Waals surface area contributed by atoms with Crippen LogP contribution < -0.4 is 21.7 Å². The first kappa shape index (κ1) is 18.2. The van der Waals surface area contributed by atoms with Crippen molar-refractivity contribution in [3.05, 3.63) is 60.1 Å². The van der Waals surface area contributed by atoms with Gasteiger partial charge in [-0.05, 0) is 24.6 Å². The largest absolute Gasteiger partial charge is 0.467 e. The Labute approximate surface area is 144 Å². The summed E-state index contributed by atoms with van der Waals surface area (Å²) in [5, 5.41) is 7.45. The van der Waals surface area contributed by atoms with Gasteiger partial charge >= 0.3 is 6.03 Å². The molecule has 1 aromatic heterocycles. The molecule has 1 atom stereocenters. The molecule has 0 aliphatic rings. The number of nitrogens with one attached hydrogen (secondary N) is 3. The van der Waals surface area contributed by atoms with Gasteiger partial charge in [0.2, 0.25) is 11.8 Å². The number of imide groups is 1. The van der Waals surface area contributed by atoms with Crippen LogP contribution in [0.1, 0.15) is 18.2 Å². The summed E-state index contributed by atoms with van der Waals surface area (Å²) >= 11 is 0. The normalized spacial score (nSPS) is 12.8. The van der Waals surface area contributed by atoms with Crippen LogP contribution in [0.25, 0.3) is 0 Å². The summed E-state index contributed by atoms with van der Waals surface area (Å²) in [7, 11) is 0. The van der Waals surface area contributed by atoms with E-state index in [0.717, 1.165) is 0 Å². The summed E-state index contributed by atoms with van der Waals surface area (Å²) in [6, 6.07) is 11.5. The lowest BCUT2D eigenvalue weighted by molar-refractivity contribution is -0.125. The van der Waals surface area contributed by atoms with E-state index < -0.39 is 23.4 Å². The summed E-state index contributed by atoms with van der Waals surface area (Å²) in [6.07, 6.45) is 1.48. The summed E-state index contributed by atoms with van der Waals surface area (Å²) in [4.78, 5) is 35.4. The molecular weight excluding hydrogens is 324 g/mol. The van der Waals surface area contributed by atoms with Crippen molar-refractivity contribution in [2.45, 2.75) is 19.0 Å². The Morgan fingerprint density at radius 3 is 2.44 bits per heavy atom. The molecule has 0 fully saturated rings. The quantitative estimate of drug-likeness (QED) is 0.585. The highest BCUT2D eigenvalue weighted by Gasteiger charge is 2.33. The highest BCUT2D eigenvalue weighted by atomic mass is 16.3. The van der Waals surface area contributed by atoms with Crippen LogP contribution in [0.4, 0.5) is 4.79 Å². The fraction of sp³-hybridized carbons (Fsp3) is 0.235. The fourth-order valence-corrected chi connectivity index (χ4v) is 2.16. The predicted octanol–water partition coefficient (Wildman–Crippen LogP) is 0.596. The molecule has 0 unspecified atom stereocenters. The SMILES string of the molecule is C[C@](NCC(=O)NC(=O)NCc1ccco1)(C(N)=O)c1ccccc1. The first-order valence-electron chi connectivity index (χ1n) is 7.62. The van der Waals surface area contributed by atoms with E-state index in [1.807, 2.05) is 0 Å². The number of hydrogen-bond acceptors (Lipinski definition) is 5. The van der Waals surface area contributed by atoms with Gasteiger partial charge in [0.05, 0.1) is 19.4 Å². The maximum atomic E-state index is 11.9. The smallest absolute Gasteiger partial charge is 0.321 e. The average molecular weight is 344 g/mol. The molecule has 0 saturated carbocycles. The lowest BCUT2D eigenvalue weighted by Gasteiger charge is -2.27. The zero-order chi connectivity index (χ0) is 18.3. The monoisotopic (exact) mass is 344 g/mol. The van der Waals surface area contributed by atoms with Gasteiger partial charge < -0.3 is 15.5 Å². The van der Waals surface area contributed by atoms with Gasteiger partial charge in [-0.2, -0.15) is 0 Å². The minimum Gasteiger partial charge on any atom is -0.467 e. The Balaban J connectivity index is 1.86. The molecule has 25 heavy (non-hydrogen) atoms. The lowest BCUT2D eigenvalue weighted by atomic mass is 9.91. The van der Waals surface area contributed by atoms with Crippen LogP contribution in [-0.2, 0) is 21.7 Å². The van der Waals surface area contributed by atoms with E-state index in [0.29, 0.717) is 11.3 Å². The van der Waals surface area contributed by atoms with Gasteiger partial charge in [-0.3, -0.25) is 20.2 Å². The second kappa shape index (κ2) is 8.11. The Hall–Kier alpha value is -3.13. The molecule has 5 N–H and O–H groups in total. The number of urea groups is 1. The molecule has 0 saturated heterocycles. The third kappa shape index (κ3) is 4.92. The van der Waals surface area contributed by atoms with Crippen LogP contribution in [0.3, 0.4) is 0 Å². The number of benzene rings is 1. The zero-order valence-corrected chi connectivity index (χ0v) is 13.7. The van der Waals surface area contributed by atoms with Crippen molar-refractivity contribution in [3.63, 3.8) is 0 Å². The van der Waals surface area contributed by atoms with Gasteiger partial charge in [-0.15, -0.1) is 0 Å². The van der Waals surface area contributed by atoms with Crippen LogP contribution in [0.5, 0.6) is 0 Å². The number of furan rings is 1. The summed E-state index contributed by atoms with van der Waals surface area (Å²) in [5.74, 6) is -0.666. The first-order chi connectivity index (χ1) is 11.9. The molecule has 1 aromatic carbocycles. The standard InChI is InChI=1S/C17H20N4O4/c1-17(15(18)23,12-6-3-2-4-7-12)20-11-14(22)21-16(24)19-10-13-8-5-9-25-13/h2-9,20H,10-11H2,1H3,(H2,18,23)(H2,19,21,22,24)/t17-/m1/s1. The van der Waals surface area contributed by atoms with Gasteiger partial charge in [-0.1, -0.05) is 30.3 Å². The minimum atomic E-state index is -1.23. The minimum absolute atomic E-state index is 0.155. The number of hydrogen-bond donors (Lipinski definition) is 4. The maximum Gasteiger partial charge on any atom is 0.321 e. The first-order valence-corrected chi connectivity index (χ1v) is 7.62. The van der Waals surface area contributed by atoms with Crippen LogP contribution >= 0.6 is 0 Å². The summed E-state index contributed by atoms with van der Waals surface area (Å²) in [6.45, 7) is 1.47. The Bertz CT molecular complexity index is 730. The van der Waals surface area contributed by atoms with E-state index in [4.69, 9.17) is 10.2 Å². The zero-order valence-electron chi connectivity index (χ0n) is 13.7. The van der Waals surface area contributed by atoms with Crippen LogP contribution in [-0.4, -0.2) is 24.4 Å². The van der Waals surface area contributed by atoms with Crippen LogP contribution in [0.15, 0.2) is 53.1 Å². The molecule has 1 heterocycles. The van der Waals surface area contributed by atoms with Crippen molar-refractivity contribution in [2.24, 2.45) is 5.73 Å². The topological polar surface area (TPSA) is 126 Å². The van der Waals surface area contributed by atoms with Crippen molar-refractivity contribution in [2.75, 3.05) is 6.54 Å². The maximum absolute atomic E-state index is 11.9. The Morgan fingerprint density at radius 2 is 1.84 bits per heavy atom. The van der Waals surface area contributed by atoms with Crippen molar-refractivity contribution < 1.29 is 18.8 Å². The second-order valence-corrected chi connectivity index (χ2v) is 5.52. The van der Waals surface area contributed by atoms with Gasteiger partial charge in [0, 0.05) is 0 Å².